The summed E-state index contributed by atoms with van der Waals surface area (Å²) >= 11 is 0. The third kappa shape index (κ3) is 4.39. The molecule has 0 aliphatic carbocycles. The van der Waals surface area contributed by atoms with Crippen molar-refractivity contribution in [1.29, 1.82) is 0 Å². The lowest BCUT2D eigenvalue weighted by Gasteiger charge is -2.39. The van der Waals surface area contributed by atoms with Crippen molar-refractivity contribution in [3.05, 3.63) is 29.8 Å². The second-order valence-electron chi connectivity index (χ2n) is 9.66. The van der Waals surface area contributed by atoms with Gasteiger partial charge < -0.3 is 14.7 Å². The molecule has 1 atom stereocenters. The minimum Gasteiger partial charge on any atom is -0.355 e. The van der Waals surface area contributed by atoms with Crippen LogP contribution >= 0.6 is 0 Å². The molecule has 4 heterocycles. The Morgan fingerprint density at radius 2 is 1.45 bits per heavy atom. The number of piperidine rings is 3. The Labute approximate surface area is 195 Å². The Morgan fingerprint density at radius 3 is 2.21 bits per heavy atom. The van der Waals surface area contributed by atoms with Crippen LogP contribution in [0.4, 0.5) is 0 Å². The number of amides is 2. The lowest BCUT2D eigenvalue weighted by atomic mass is 9.91. The maximum absolute atomic E-state index is 13.3. The first-order valence-corrected chi connectivity index (χ1v) is 13.6. The fourth-order valence-electron chi connectivity index (χ4n) is 5.67. The predicted octanol–water partition coefficient (Wildman–Crippen LogP) is 2.10. The molecule has 1 aromatic rings. The van der Waals surface area contributed by atoms with Crippen LogP contribution in [-0.2, 0) is 19.6 Å². The van der Waals surface area contributed by atoms with Gasteiger partial charge >= 0.3 is 0 Å². The fraction of sp³-hybridized carbons (Fsp3) is 0.625. The van der Waals surface area contributed by atoms with Crippen LogP contribution in [0.3, 0.4) is 0 Å². The van der Waals surface area contributed by atoms with Crippen LogP contribution < -0.4 is 0 Å². The van der Waals surface area contributed by atoms with E-state index in [1.54, 1.807) is 18.2 Å². The van der Waals surface area contributed by atoms with Crippen LogP contribution in [-0.4, -0.2) is 80.0 Å². The summed E-state index contributed by atoms with van der Waals surface area (Å²) in [6.45, 7) is 4.17. The molecule has 33 heavy (non-hydrogen) atoms. The van der Waals surface area contributed by atoms with E-state index in [1.807, 2.05) is 20.8 Å². The molecule has 3 fully saturated rings. The van der Waals surface area contributed by atoms with Gasteiger partial charge in [0.25, 0.3) is 10.0 Å². The average Bonchev–Trinajstić information content (AvgIpc) is 3.15. The van der Waals surface area contributed by atoms with E-state index in [-0.39, 0.29) is 28.5 Å². The summed E-state index contributed by atoms with van der Waals surface area (Å²) < 4.78 is 28.9. The maximum Gasteiger partial charge on any atom is 0.285 e. The molecular formula is C24H32N4O4S. The molecule has 0 spiro atoms. The number of hydrogen-bond acceptors (Lipinski definition) is 5. The van der Waals surface area contributed by atoms with Crippen molar-refractivity contribution >= 4 is 27.7 Å². The van der Waals surface area contributed by atoms with Crippen LogP contribution in [0.2, 0.25) is 0 Å². The highest BCUT2D eigenvalue weighted by Crippen LogP contribution is 2.31. The standard InChI is InChI=1S/C24H32N4O4S/c29-23(26-12-4-1-5-13-26)18-10-15-27(16-11-18)24(30)19-7-6-14-28(17-19)22-20-8-2-3-9-21(20)33(31,32)25-22/h2-3,8-9,18-19H,1,4-7,10-17H2/t19-/m1/s1. The van der Waals surface area contributed by atoms with Gasteiger partial charge in [-0.2, -0.15) is 8.42 Å². The molecule has 2 amide bonds. The van der Waals surface area contributed by atoms with Gasteiger partial charge in [-0.3, -0.25) is 9.59 Å². The van der Waals surface area contributed by atoms with Gasteiger partial charge in [-0.1, -0.05) is 12.1 Å². The number of carbonyl (C=O) groups excluding carboxylic acids is 2. The Hall–Kier alpha value is -2.42. The van der Waals surface area contributed by atoms with Crippen molar-refractivity contribution in [2.24, 2.45) is 16.2 Å². The molecule has 5 rings (SSSR count). The van der Waals surface area contributed by atoms with Gasteiger partial charge in [0.05, 0.1) is 5.92 Å². The lowest BCUT2D eigenvalue weighted by Crippen LogP contribution is -2.50. The van der Waals surface area contributed by atoms with E-state index in [9.17, 15) is 18.0 Å². The van der Waals surface area contributed by atoms with Crippen LogP contribution in [0.5, 0.6) is 0 Å². The number of hydrogen-bond donors (Lipinski definition) is 0. The fourth-order valence-corrected chi connectivity index (χ4v) is 6.89. The van der Waals surface area contributed by atoms with E-state index < -0.39 is 10.0 Å². The van der Waals surface area contributed by atoms with Gasteiger partial charge in [0.15, 0.2) is 5.84 Å². The Kier molecular flexibility index (Phi) is 6.16. The third-order valence-electron chi connectivity index (χ3n) is 7.51. The molecule has 0 unspecified atom stereocenters. The molecule has 1 aromatic carbocycles. The number of amidine groups is 1. The molecule has 4 aliphatic rings. The molecule has 0 saturated carbocycles. The van der Waals surface area contributed by atoms with Crippen molar-refractivity contribution in [3.8, 4) is 0 Å². The van der Waals surface area contributed by atoms with Gasteiger partial charge in [0.1, 0.15) is 4.90 Å². The first-order valence-electron chi connectivity index (χ1n) is 12.2. The Balaban J connectivity index is 1.20. The Morgan fingerprint density at radius 1 is 0.788 bits per heavy atom. The second-order valence-corrected chi connectivity index (χ2v) is 11.2. The summed E-state index contributed by atoms with van der Waals surface area (Å²) in [5, 5.41) is 0. The third-order valence-corrected chi connectivity index (χ3v) is 8.83. The molecular weight excluding hydrogens is 440 g/mol. The SMILES string of the molecule is O=C(C1CCN(C(=O)[C@@H]2CCCN(C3=NS(=O)(=O)c4ccccc43)C2)CC1)N1CCCCC1. The number of fused-ring (bicyclic) bond motifs is 1. The summed E-state index contributed by atoms with van der Waals surface area (Å²) in [5.74, 6) is 0.716. The lowest BCUT2D eigenvalue weighted by molar-refractivity contribution is -0.143. The minimum atomic E-state index is -3.67. The predicted molar refractivity (Wildman–Crippen MR) is 124 cm³/mol. The van der Waals surface area contributed by atoms with Crippen LogP contribution in [0.25, 0.3) is 0 Å². The normalized spacial score (nSPS) is 25.5. The van der Waals surface area contributed by atoms with Crippen molar-refractivity contribution in [3.63, 3.8) is 0 Å². The zero-order valence-electron chi connectivity index (χ0n) is 19.0. The summed E-state index contributed by atoms with van der Waals surface area (Å²) in [5.41, 5.74) is 0.627. The molecule has 8 nitrogen and oxygen atoms in total. The first kappa shape index (κ1) is 22.4. The van der Waals surface area contributed by atoms with Gasteiger partial charge in [0.2, 0.25) is 11.8 Å². The summed E-state index contributed by atoms with van der Waals surface area (Å²) in [6.07, 6.45) is 6.48. The molecule has 0 bridgehead atoms. The first-order chi connectivity index (χ1) is 15.9. The number of nitrogens with zero attached hydrogens (tertiary/aromatic N) is 4. The van der Waals surface area contributed by atoms with Crippen LogP contribution in [0.15, 0.2) is 33.6 Å². The van der Waals surface area contributed by atoms with Crippen LogP contribution in [0, 0.1) is 11.8 Å². The van der Waals surface area contributed by atoms with Gasteiger partial charge in [-0.25, -0.2) is 0 Å². The topological polar surface area (TPSA) is 90.4 Å². The molecule has 0 radical (unpaired) electrons. The molecule has 0 aromatic heterocycles. The summed E-state index contributed by atoms with van der Waals surface area (Å²) in [7, 11) is -3.67. The molecule has 3 saturated heterocycles. The van der Waals surface area contributed by atoms with E-state index in [0.29, 0.717) is 37.6 Å². The zero-order chi connectivity index (χ0) is 23.0. The minimum absolute atomic E-state index is 0.0320. The van der Waals surface area contributed by atoms with E-state index in [2.05, 4.69) is 4.40 Å². The van der Waals surface area contributed by atoms with Crippen molar-refractivity contribution in [2.45, 2.75) is 49.8 Å². The Bertz CT molecular complexity index is 1060. The monoisotopic (exact) mass is 472 g/mol. The number of rotatable bonds is 2. The van der Waals surface area contributed by atoms with Gasteiger partial charge in [-0.05, 0) is 57.1 Å². The van der Waals surface area contributed by atoms with Crippen molar-refractivity contribution in [2.75, 3.05) is 39.3 Å². The highest BCUT2D eigenvalue weighted by molar-refractivity contribution is 7.90. The van der Waals surface area contributed by atoms with Gasteiger partial charge in [-0.15, -0.1) is 4.40 Å². The van der Waals surface area contributed by atoms with E-state index in [4.69, 9.17) is 0 Å². The molecule has 178 valence electrons. The zero-order valence-corrected chi connectivity index (χ0v) is 19.8. The van der Waals surface area contributed by atoms with E-state index in [1.165, 1.54) is 6.42 Å². The number of likely N-dealkylation sites (tertiary alicyclic amines) is 3. The van der Waals surface area contributed by atoms with Crippen molar-refractivity contribution in [1.82, 2.24) is 14.7 Å². The number of carbonyl (C=O) groups is 2. The molecule has 9 heteroatoms. The maximum atomic E-state index is 13.3. The van der Waals surface area contributed by atoms with Crippen LogP contribution in [0.1, 0.15) is 50.5 Å². The van der Waals surface area contributed by atoms with E-state index >= 15 is 0 Å². The number of benzene rings is 1. The second kappa shape index (κ2) is 9.08. The molecule has 0 N–H and O–H groups in total. The summed E-state index contributed by atoms with van der Waals surface area (Å²) in [6, 6.07) is 6.89. The molecule has 4 aliphatic heterocycles. The quantitative estimate of drug-likeness (QED) is 0.658. The highest BCUT2D eigenvalue weighted by atomic mass is 32.2. The van der Waals surface area contributed by atoms with E-state index in [0.717, 1.165) is 51.6 Å². The smallest absolute Gasteiger partial charge is 0.285 e. The largest absolute Gasteiger partial charge is 0.355 e. The highest BCUT2D eigenvalue weighted by Gasteiger charge is 2.37. The number of sulfonamides is 1. The average molecular weight is 473 g/mol. The summed E-state index contributed by atoms with van der Waals surface area (Å²) in [4.78, 5) is 32.3. The van der Waals surface area contributed by atoms with Gasteiger partial charge in [0, 0.05) is 50.7 Å². The van der Waals surface area contributed by atoms with Crippen molar-refractivity contribution < 1.29 is 18.0 Å².